The van der Waals surface area contributed by atoms with Gasteiger partial charge in [0.2, 0.25) is 5.91 Å². The van der Waals surface area contributed by atoms with Gasteiger partial charge in [-0.3, -0.25) is 15.0 Å². The number of hydrogen-bond acceptors (Lipinski definition) is 6. The van der Waals surface area contributed by atoms with Crippen LogP contribution in [0, 0.1) is 5.82 Å². The fraction of sp³-hybridized carbons (Fsp3) is 0.480. The molecule has 0 bridgehead atoms. The van der Waals surface area contributed by atoms with E-state index in [9.17, 15) is 28.2 Å². The quantitative estimate of drug-likeness (QED) is 0.423. The monoisotopic (exact) mass is 493 g/mol. The van der Waals surface area contributed by atoms with E-state index in [1.165, 1.54) is 0 Å². The van der Waals surface area contributed by atoms with Crippen LogP contribution in [0.4, 0.5) is 13.2 Å². The van der Waals surface area contributed by atoms with E-state index in [-0.39, 0.29) is 30.9 Å². The number of benzene rings is 2. The second-order valence-corrected chi connectivity index (χ2v) is 9.06. The second-order valence-electron chi connectivity index (χ2n) is 9.06. The first-order valence-electron chi connectivity index (χ1n) is 11.7. The Hall–Kier alpha value is -2.66. The standard InChI is InChI=1S/C25H30F3N3O4/c1-3-35-21-11-17(26)6-8-19(21)25(27,28)24(34)29-12-15-5-7-18-16(10-15)13-31(23(18)33)20-9-4-14(2)30-22(20)32/h5-8,10-11,14,20,23-24,29,33-34H,3-4,9,12-13H2,1-2H3,(H,30,32)/t14?,20?,23-,24+/m0/s1. The van der Waals surface area contributed by atoms with Crippen molar-refractivity contribution in [2.45, 2.75) is 70.2 Å². The van der Waals surface area contributed by atoms with Gasteiger partial charge in [0, 0.05) is 25.2 Å². The van der Waals surface area contributed by atoms with E-state index >= 15 is 0 Å². The first-order valence-corrected chi connectivity index (χ1v) is 11.7. The summed E-state index contributed by atoms with van der Waals surface area (Å²) >= 11 is 0. The van der Waals surface area contributed by atoms with E-state index in [2.05, 4.69) is 10.6 Å². The summed E-state index contributed by atoms with van der Waals surface area (Å²) in [6.45, 7) is 3.87. The van der Waals surface area contributed by atoms with Gasteiger partial charge >= 0.3 is 5.92 Å². The van der Waals surface area contributed by atoms with Crippen LogP contribution < -0.4 is 15.4 Å². The molecule has 0 radical (unpaired) electrons. The third kappa shape index (κ3) is 5.16. The lowest BCUT2D eigenvalue weighted by atomic mass is 10.00. The normalized spacial score (nSPS) is 23.6. The van der Waals surface area contributed by atoms with Crippen LogP contribution in [0.5, 0.6) is 5.75 Å². The topological polar surface area (TPSA) is 94.1 Å². The lowest BCUT2D eigenvalue weighted by Crippen LogP contribution is -2.52. The minimum Gasteiger partial charge on any atom is -0.493 e. The zero-order valence-electron chi connectivity index (χ0n) is 19.6. The van der Waals surface area contributed by atoms with Crippen molar-refractivity contribution in [3.8, 4) is 5.75 Å². The Morgan fingerprint density at radius 3 is 2.74 bits per heavy atom. The molecule has 0 aromatic heterocycles. The molecular formula is C25H30F3N3O4. The molecule has 0 aliphatic carbocycles. The van der Waals surface area contributed by atoms with Crippen LogP contribution >= 0.6 is 0 Å². The molecule has 2 heterocycles. The number of hydrogen-bond donors (Lipinski definition) is 4. The lowest BCUT2D eigenvalue weighted by molar-refractivity contribution is -0.135. The number of piperidine rings is 1. The third-order valence-electron chi connectivity index (χ3n) is 6.56. The van der Waals surface area contributed by atoms with Gasteiger partial charge < -0.3 is 20.3 Å². The van der Waals surface area contributed by atoms with Gasteiger partial charge in [0.15, 0.2) is 6.23 Å². The maximum atomic E-state index is 15.0. The SMILES string of the molecule is CCOc1cc(F)ccc1C(F)(F)[C@@H](O)NCc1ccc2c(c1)CN(C1CCC(C)NC1=O)[C@H]2O. The van der Waals surface area contributed by atoms with Crippen LogP contribution in [-0.4, -0.2) is 45.9 Å². The average molecular weight is 494 g/mol. The van der Waals surface area contributed by atoms with Gasteiger partial charge in [-0.05, 0) is 55.5 Å². The number of alkyl halides is 2. The van der Waals surface area contributed by atoms with E-state index in [4.69, 9.17) is 4.74 Å². The number of amides is 1. The molecule has 2 aromatic rings. The highest BCUT2D eigenvalue weighted by atomic mass is 19.3. The molecule has 4 rings (SSSR count). The fourth-order valence-corrected chi connectivity index (χ4v) is 4.70. The minimum absolute atomic E-state index is 0.0651. The maximum absolute atomic E-state index is 15.0. The number of ether oxygens (including phenoxy) is 1. The molecule has 10 heteroatoms. The van der Waals surface area contributed by atoms with E-state index < -0.39 is 35.8 Å². The number of nitrogens with zero attached hydrogens (tertiary/aromatic N) is 1. The molecule has 2 aliphatic heterocycles. The highest BCUT2D eigenvalue weighted by Crippen LogP contribution is 2.38. The molecule has 7 nitrogen and oxygen atoms in total. The Morgan fingerprint density at radius 1 is 1.26 bits per heavy atom. The number of aliphatic hydroxyl groups is 2. The number of aliphatic hydroxyl groups excluding tert-OH is 2. The van der Waals surface area contributed by atoms with Crippen LogP contribution in [0.2, 0.25) is 0 Å². The van der Waals surface area contributed by atoms with Crippen LogP contribution in [0.3, 0.4) is 0 Å². The van der Waals surface area contributed by atoms with Crippen molar-refractivity contribution in [3.05, 3.63) is 64.5 Å². The van der Waals surface area contributed by atoms with Gasteiger partial charge in [0.25, 0.3) is 0 Å². The highest BCUT2D eigenvalue weighted by molar-refractivity contribution is 5.83. The van der Waals surface area contributed by atoms with Gasteiger partial charge in [0.05, 0.1) is 18.2 Å². The highest BCUT2D eigenvalue weighted by Gasteiger charge is 2.43. The van der Waals surface area contributed by atoms with Crippen molar-refractivity contribution in [2.24, 2.45) is 0 Å². The summed E-state index contributed by atoms with van der Waals surface area (Å²) in [5.41, 5.74) is 1.47. The predicted molar refractivity (Wildman–Crippen MR) is 122 cm³/mol. The summed E-state index contributed by atoms with van der Waals surface area (Å²) in [6, 6.07) is 7.47. The number of halogens is 3. The molecule has 0 spiro atoms. The molecule has 2 aliphatic rings. The van der Waals surface area contributed by atoms with E-state index in [1.54, 1.807) is 30.0 Å². The number of fused-ring (bicyclic) bond motifs is 1. The number of rotatable bonds is 8. The zero-order valence-corrected chi connectivity index (χ0v) is 19.6. The molecule has 2 aromatic carbocycles. The summed E-state index contributed by atoms with van der Waals surface area (Å²) in [5.74, 6) is -4.90. The Morgan fingerprint density at radius 2 is 2.03 bits per heavy atom. The fourth-order valence-electron chi connectivity index (χ4n) is 4.70. The number of nitrogens with one attached hydrogen (secondary N) is 2. The van der Waals surface area contributed by atoms with Crippen molar-refractivity contribution in [2.75, 3.05) is 6.61 Å². The first-order chi connectivity index (χ1) is 16.6. The molecule has 4 atom stereocenters. The van der Waals surface area contributed by atoms with Gasteiger partial charge in [-0.15, -0.1) is 0 Å². The maximum Gasteiger partial charge on any atom is 0.315 e. The van der Waals surface area contributed by atoms with Crippen molar-refractivity contribution in [1.29, 1.82) is 0 Å². The van der Waals surface area contributed by atoms with Crippen LogP contribution in [0.25, 0.3) is 0 Å². The summed E-state index contributed by atoms with van der Waals surface area (Å²) in [6.07, 6.45) is -1.73. The Bertz CT molecular complexity index is 1080. The Kier molecular flexibility index (Phi) is 7.37. The summed E-state index contributed by atoms with van der Waals surface area (Å²) in [4.78, 5) is 14.2. The van der Waals surface area contributed by atoms with Crippen LogP contribution in [0.1, 0.15) is 55.2 Å². The van der Waals surface area contributed by atoms with Crippen molar-refractivity contribution in [3.63, 3.8) is 0 Å². The van der Waals surface area contributed by atoms with Gasteiger partial charge in [0.1, 0.15) is 17.8 Å². The lowest BCUT2D eigenvalue weighted by Gasteiger charge is -2.34. The van der Waals surface area contributed by atoms with Crippen molar-refractivity contribution >= 4 is 5.91 Å². The molecule has 4 N–H and O–H groups in total. The Balaban J connectivity index is 1.44. The predicted octanol–water partition coefficient (Wildman–Crippen LogP) is 2.90. The minimum atomic E-state index is -3.74. The van der Waals surface area contributed by atoms with Gasteiger partial charge in [-0.25, -0.2) is 4.39 Å². The largest absolute Gasteiger partial charge is 0.493 e. The Labute approximate surface area is 201 Å². The number of carbonyl (C=O) groups is 1. The van der Waals surface area contributed by atoms with Crippen molar-refractivity contribution < 1.29 is 32.9 Å². The molecule has 35 heavy (non-hydrogen) atoms. The van der Waals surface area contributed by atoms with E-state index in [1.807, 2.05) is 6.92 Å². The second kappa shape index (κ2) is 10.1. The summed E-state index contributed by atoms with van der Waals surface area (Å²) < 4.78 is 48.6. The smallest absolute Gasteiger partial charge is 0.315 e. The van der Waals surface area contributed by atoms with Crippen LogP contribution in [0.15, 0.2) is 36.4 Å². The molecule has 1 fully saturated rings. The first kappa shape index (κ1) is 25.4. The summed E-state index contributed by atoms with van der Waals surface area (Å²) in [7, 11) is 0. The summed E-state index contributed by atoms with van der Waals surface area (Å²) in [5, 5.41) is 26.3. The molecule has 190 valence electrons. The zero-order chi connectivity index (χ0) is 25.3. The number of carbonyl (C=O) groups excluding carboxylic acids is 1. The van der Waals surface area contributed by atoms with E-state index in [0.717, 1.165) is 30.2 Å². The average Bonchev–Trinajstić information content (AvgIpc) is 3.13. The molecule has 0 saturated carbocycles. The molecule has 1 amide bonds. The molecule has 2 unspecified atom stereocenters. The molecule has 1 saturated heterocycles. The van der Waals surface area contributed by atoms with Gasteiger partial charge in [-0.1, -0.05) is 18.2 Å². The molecular weight excluding hydrogens is 463 g/mol. The van der Waals surface area contributed by atoms with E-state index in [0.29, 0.717) is 24.1 Å². The van der Waals surface area contributed by atoms with Crippen molar-refractivity contribution in [1.82, 2.24) is 15.5 Å². The third-order valence-corrected chi connectivity index (χ3v) is 6.56. The van der Waals surface area contributed by atoms with Gasteiger partial charge in [-0.2, -0.15) is 8.78 Å². The van der Waals surface area contributed by atoms with Crippen LogP contribution in [-0.2, 0) is 23.8 Å².